The minimum absolute atomic E-state index is 0.0988. The van der Waals surface area contributed by atoms with Gasteiger partial charge in [-0.3, -0.25) is 4.79 Å². The summed E-state index contributed by atoms with van der Waals surface area (Å²) >= 11 is 1.98. The number of carbonyl (C=O) groups excluding carboxylic acids is 1. The molecule has 1 unspecified atom stereocenters. The lowest BCUT2D eigenvalue weighted by Gasteiger charge is -2.26. The highest BCUT2D eigenvalue weighted by atomic mass is 32.2. The summed E-state index contributed by atoms with van der Waals surface area (Å²) < 4.78 is 0. The Balaban J connectivity index is 2.20. The summed E-state index contributed by atoms with van der Waals surface area (Å²) in [6.45, 7) is 6.48. The Morgan fingerprint density at radius 2 is 2.05 bits per heavy atom. The molecule has 0 radical (unpaired) electrons. The Morgan fingerprint density at radius 3 is 2.63 bits per heavy atom. The third-order valence-corrected chi connectivity index (χ3v) is 4.79. The van der Waals surface area contributed by atoms with Crippen LogP contribution in [0, 0.1) is 11.8 Å². The standard InChI is InChI=1S/C15H29NO2S/c1-12(2)4-7-15(3,18)11-16-14(17)10-13-5-8-19-9-6-13/h12-13,18H,4-11H2,1-3H3,(H,16,17). The van der Waals surface area contributed by atoms with Gasteiger partial charge < -0.3 is 10.4 Å². The summed E-state index contributed by atoms with van der Waals surface area (Å²) in [6, 6.07) is 0. The first kappa shape index (κ1) is 16.8. The first-order valence-corrected chi connectivity index (χ1v) is 8.61. The zero-order valence-electron chi connectivity index (χ0n) is 12.6. The van der Waals surface area contributed by atoms with Crippen LogP contribution in [0.5, 0.6) is 0 Å². The number of thioether (sulfide) groups is 1. The Labute approximate surface area is 121 Å². The van der Waals surface area contributed by atoms with Crippen LogP contribution in [0.25, 0.3) is 0 Å². The predicted octanol–water partition coefficient (Wildman–Crippen LogP) is 2.82. The Kier molecular flexibility index (Phi) is 7.22. The van der Waals surface area contributed by atoms with E-state index in [4.69, 9.17) is 0 Å². The molecule has 1 heterocycles. The molecule has 1 amide bonds. The van der Waals surface area contributed by atoms with E-state index in [0.29, 0.717) is 24.8 Å². The summed E-state index contributed by atoms with van der Waals surface area (Å²) in [5.74, 6) is 3.60. The van der Waals surface area contributed by atoms with Gasteiger partial charge in [-0.05, 0) is 55.9 Å². The minimum Gasteiger partial charge on any atom is -0.388 e. The van der Waals surface area contributed by atoms with Crippen LogP contribution in [0.3, 0.4) is 0 Å². The molecule has 0 aliphatic carbocycles. The van der Waals surface area contributed by atoms with Gasteiger partial charge in [0.25, 0.3) is 0 Å². The Bertz CT molecular complexity index is 273. The van der Waals surface area contributed by atoms with E-state index in [-0.39, 0.29) is 5.91 Å². The van der Waals surface area contributed by atoms with Crippen molar-refractivity contribution in [2.75, 3.05) is 18.1 Å². The highest BCUT2D eigenvalue weighted by molar-refractivity contribution is 7.99. The molecule has 4 heteroatoms. The zero-order chi connectivity index (χ0) is 14.3. The van der Waals surface area contributed by atoms with Crippen LogP contribution < -0.4 is 5.32 Å². The van der Waals surface area contributed by atoms with Crippen molar-refractivity contribution in [3.63, 3.8) is 0 Å². The summed E-state index contributed by atoms with van der Waals surface area (Å²) in [5, 5.41) is 13.1. The molecule has 112 valence electrons. The maximum absolute atomic E-state index is 11.9. The minimum atomic E-state index is -0.775. The first-order valence-electron chi connectivity index (χ1n) is 7.46. The quantitative estimate of drug-likeness (QED) is 0.757. The molecule has 0 aromatic rings. The molecular formula is C15H29NO2S. The smallest absolute Gasteiger partial charge is 0.220 e. The Morgan fingerprint density at radius 1 is 1.42 bits per heavy atom. The maximum atomic E-state index is 11.9. The van der Waals surface area contributed by atoms with Gasteiger partial charge >= 0.3 is 0 Å². The molecule has 1 aliphatic rings. The van der Waals surface area contributed by atoms with Crippen molar-refractivity contribution >= 4 is 17.7 Å². The SMILES string of the molecule is CC(C)CCC(C)(O)CNC(=O)CC1CCSCC1. The van der Waals surface area contributed by atoms with E-state index in [2.05, 4.69) is 19.2 Å². The van der Waals surface area contributed by atoms with Crippen molar-refractivity contribution in [2.45, 2.75) is 58.5 Å². The van der Waals surface area contributed by atoms with E-state index in [1.165, 1.54) is 11.5 Å². The van der Waals surface area contributed by atoms with Gasteiger partial charge in [0.05, 0.1) is 5.60 Å². The van der Waals surface area contributed by atoms with Crippen molar-refractivity contribution in [1.29, 1.82) is 0 Å². The van der Waals surface area contributed by atoms with Gasteiger partial charge in [-0.2, -0.15) is 11.8 Å². The normalized spacial score (nSPS) is 20.3. The number of carbonyl (C=O) groups is 1. The number of hydrogen-bond acceptors (Lipinski definition) is 3. The molecule has 1 saturated heterocycles. The molecule has 19 heavy (non-hydrogen) atoms. The molecule has 1 fully saturated rings. The molecule has 0 spiro atoms. The second kappa shape index (κ2) is 8.15. The molecule has 1 rings (SSSR count). The summed E-state index contributed by atoms with van der Waals surface area (Å²) in [7, 11) is 0. The van der Waals surface area contributed by atoms with Crippen LogP contribution in [-0.2, 0) is 4.79 Å². The van der Waals surface area contributed by atoms with E-state index in [0.717, 1.165) is 25.7 Å². The fraction of sp³-hybridized carbons (Fsp3) is 0.933. The lowest BCUT2D eigenvalue weighted by atomic mass is 9.94. The lowest BCUT2D eigenvalue weighted by Crippen LogP contribution is -2.41. The van der Waals surface area contributed by atoms with Crippen LogP contribution in [0.2, 0.25) is 0 Å². The van der Waals surface area contributed by atoms with Crippen LogP contribution >= 0.6 is 11.8 Å². The molecule has 3 nitrogen and oxygen atoms in total. The van der Waals surface area contributed by atoms with Gasteiger partial charge in [-0.15, -0.1) is 0 Å². The topological polar surface area (TPSA) is 49.3 Å². The van der Waals surface area contributed by atoms with Crippen LogP contribution in [0.1, 0.15) is 52.9 Å². The van der Waals surface area contributed by atoms with Gasteiger partial charge in [-0.1, -0.05) is 13.8 Å². The Hall–Kier alpha value is -0.220. The fourth-order valence-electron chi connectivity index (χ4n) is 2.26. The average molecular weight is 287 g/mol. The van der Waals surface area contributed by atoms with Gasteiger partial charge in [0, 0.05) is 13.0 Å². The van der Waals surface area contributed by atoms with Crippen molar-refractivity contribution < 1.29 is 9.90 Å². The van der Waals surface area contributed by atoms with Gasteiger partial charge in [-0.25, -0.2) is 0 Å². The zero-order valence-corrected chi connectivity index (χ0v) is 13.4. The third kappa shape index (κ3) is 7.83. The van der Waals surface area contributed by atoms with Gasteiger partial charge in [0.15, 0.2) is 0 Å². The molecule has 1 aliphatic heterocycles. The first-order chi connectivity index (χ1) is 8.89. The largest absolute Gasteiger partial charge is 0.388 e. The summed E-state index contributed by atoms with van der Waals surface area (Å²) in [6.07, 6.45) is 4.66. The van der Waals surface area contributed by atoms with Crippen LogP contribution in [0.15, 0.2) is 0 Å². The van der Waals surface area contributed by atoms with Gasteiger partial charge in [0.1, 0.15) is 0 Å². The van der Waals surface area contributed by atoms with E-state index in [1.807, 2.05) is 18.7 Å². The van der Waals surface area contributed by atoms with Gasteiger partial charge in [0.2, 0.25) is 5.91 Å². The highest BCUT2D eigenvalue weighted by Crippen LogP contribution is 2.25. The van der Waals surface area contributed by atoms with E-state index in [9.17, 15) is 9.90 Å². The van der Waals surface area contributed by atoms with Crippen molar-refractivity contribution in [3.8, 4) is 0 Å². The summed E-state index contributed by atoms with van der Waals surface area (Å²) in [4.78, 5) is 11.9. The molecular weight excluding hydrogens is 258 g/mol. The fourth-order valence-corrected chi connectivity index (χ4v) is 3.47. The molecule has 0 aromatic heterocycles. The molecule has 0 saturated carbocycles. The molecule has 0 bridgehead atoms. The number of amides is 1. The third-order valence-electron chi connectivity index (χ3n) is 3.74. The number of rotatable bonds is 7. The lowest BCUT2D eigenvalue weighted by molar-refractivity contribution is -0.123. The molecule has 2 N–H and O–H groups in total. The van der Waals surface area contributed by atoms with Crippen molar-refractivity contribution in [2.24, 2.45) is 11.8 Å². The van der Waals surface area contributed by atoms with Crippen molar-refractivity contribution in [1.82, 2.24) is 5.32 Å². The highest BCUT2D eigenvalue weighted by Gasteiger charge is 2.23. The number of aliphatic hydroxyl groups is 1. The van der Waals surface area contributed by atoms with E-state index < -0.39 is 5.60 Å². The predicted molar refractivity (Wildman–Crippen MR) is 82.4 cm³/mol. The van der Waals surface area contributed by atoms with E-state index in [1.54, 1.807) is 0 Å². The number of hydrogen-bond donors (Lipinski definition) is 2. The summed E-state index contributed by atoms with van der Waals surface area (Å²) in [5.41, 5.74) is -0.775. The van der Waals surface area contributed by atoms with Crippen LogP contribution in [-0.4, -0.2) is 34.7 Å². The average Bonchev–Trinajstić information content (AvgIpc) is 2.36. The van der Waals surface area contributed by atoms with E-state index >= 15 is 0 Å². The van der Waals surface area contributed by atoms with Crippen molar-refractivity contribution in [3.05, 3.63) is 0 Å². The number of nitrogens with one attached hydrogen (secondary N) is 1. The van der Waals surface area contributed by atoms with Crippen LogP contribution in [0.4, 0.5) is 0 Å². The second-order valence-corrected chi connectivity index (χ2v) is 7.69. The maximum Gasteiger partial charge on any atom is 0.220 e. The monoisotopic (exact) mass is 287 g/mol. The second-order valence-electron chi connectivity index (χ2n) is 6.47. The molecule has 1 atom stereocenters. The molecule has 0 aromatic carbocycles.